The van der Waals surface area contributed by atoms with Gasteiger partial charge in [-0.05, 0) is 19.4 Å². The second kappa shape index (κ2) is 5.07. The molecule has 0 amide bonds. The molecular weight excluding hydrogens is 232 g/mol. The quantitative estimate of drug-likeness (QED) is 0.793. The molecule has 0 saturated carbocycles. The number of nitrogens with one attached hydrogen (secondary N) is 2. The number of rotatable bonds is 3. The highest BCUT2D eigenvalue weighted by molar-refractivity contribution is 5.31. The van der Waals surface area contributed by atoms with Gasteiger partial charge in [0.2, 0.25) is 0 Å². The Kier molecular flexibility index (Phi) is 3.29. The summed E-state index contributed by atoms with van der Waals surface area (Å²) in [6, 6.07) is 2.08. The zero-order valence-corrected chi connectivity index (χ0v) is 10.3. The van der Waals surface area contributed by atoms with Gasteiger partial charge in [0.1, 0.15) is 5.82 Å². The van der Waals surface area contributed by atoms with Crippen LogP contribution >= 0.6 is 0 Å². The highest BCUT2D eigenvalue weighted by Gasteiger charge is 2.31. The molecule has 98 valence electrons. The van der Waals surface area contributed by atoms with Crippen LogP contribution in [-0.4, -0.2) is 53.3 Å². The molecule has 0 bridgehead atoms. The molecular formula is C12H18N4O2. The summed E-state index contributed by atoms with van der Waals surface area (Å²) in [5.74, 6) is 0.603. The lowest BCUT2D eigenvalue weighted by molar-refractivity contribution is -0.0416. The Morgan fingerprint density at radius 1 is 1.61 bits per heavy atom. The maximum Gasteiger partial charge on any atom is 0.252 e. The van der Waals surface area contributed by atoms with Gasteiger partial charge in [0.05, 0.1) is 19.0 Å². The Labute approximate surface area is 105 Å². The molecule has 2 atom stereocenters. The van der Waals surface area contributed by atoms with E-state index in [1.807, 2.05) is 0 Å². The molecule has 3 heterocycles. The second-order valence-electron chi connectivity index (χ2n) is 4.92. The summed E-state index contributed by atoms with van der Waals surface area (Å²) >= 11 is 0. The Hall–Kier alpha value is -1.40. The lowest BCUT2D eigenvalue weighted by Crippen LogP contribution is -2.48. The van der Waals surface area contributed by atoms with Crippen molar-refractivity contribution in [3.05, 3.63) is 22.7 Å². The number of hydrogen-bond donors (Lipinski definition) is 2. The van der Waals surface area contributed by atoms with Crippen LogP contribution in [0.1, 0.15) is 12.8 Å². The third-order valence-electron chi connectivity index (χ3n) is 3.65. The smallest absolute Gasteiger partial charge is 0.252 e. The van der Waals surface area contributed by atoms with Gasteiger partial charge in [0, 0.05) is 25.2 Å². The zero-order chi connectivity index (χ0) is 12.4. The first-order chi connectivity index (χ1) is 8.81. The molecule has 6 heteroatoms. The van der Waals surface area contributed by atoms with Crippen molar-refractivity contribution in [3.63, 3.8) is 0 Å². The maximum absolute atomic E-state index is 11.1. The first kappa shape index (κ1) is 11.7. The molecule has 0 spiro atoms. The summed E-state index contributed by atoms with van der Waals surface area (Å²) in [6.45, 7) is 3.68. The maximum atomic E-state index is 11.1. The number of hydrogen-bond acceptors (Lipinski definition) is 5. The minimum Gasteiger partial charge on any atom is -0.373 e. The van der Waals surface area contributed by atoms with Crippen LogP contribution in [0.3, 0.4) is 0 Å². The fourth-order valence-electron chi connectivity index (χ4n) is 2.69. The zero-order valence-electron chi connectivity index (χ0n) is 10.3. The third-order valence-corrected chi connectivity index (χ3v) is 3.65. The standard InChI is InChI=1S/C12H18N4O2/c17-12-4-11(14-8-15-12)13-5-10-6-16-3-1-2-9(16)7-18-10/h4,8-10H,1-3,5-7H2,(H2,13,14,15,17). The van der Waals surface area contributed by atoms with Gasteiger partial charge >= 0.3 is 0 Å². The van der Waals surface area contributed by atoms with E-state index in [0.29, 0.717) is 18.4 Å². The summed E-state index contributed by atoms with van der Waals surface area (Å²) in [6.07, 6.45) is 4.13. The van der Waals surface area contributed by atoms with Crippen LogP contribution in [0.5, 0.6) is 0 Å². The van der Waals surface area contributed by atoms with Crippen molar-refractivity contribution in [1.29, 1.82) is 0 Å². The molecule has 0 radical (unpaired) electrons. The number of H-pyrrole nitrogens is 1. The first-order valence-corrected chi connectivity index (χ1v) is 6.45. The van der Waals surface area contributed by atoms with E-state index in [1.165, 1.54) is 31.8 Å². The highest BCUT2D eigenvalue weighted by atomic mass is 16.5. The average molecular weight is 250 g/mol. The number of nitrogens with zero attached hydrogens (tertiary/aromatic N) is 2. The number of aromatic amines is 1. The monoisotopic (exact) mass is 250 g/mol. The Morgan fingerprint density at radius 3 is 3.44 bits per heavy atom. The fourth-order valence-corrected chi connectivity index (χ4v) is 2.69. The second-order valence-corrected chi connectivity index (χ2v) is 4.92. The van der Waals surface area contributed by atoms with E-state index < -0.39 is 0 Å². The van der Waals surface area contributed by atoms with Crippen LogP contribution in [0.4, 0.5) is 5.82 Å². The lowest BCUT2D eigenvalue weighted by Gasteiger charge is -2.35. The minimum atomic E-state index is -0.142. The lowest BCUT2D eigenvalue weighted by atomic mass is 10.2. The van der Waals surface area contributed by atoms with Gasteiger partial charge in [0.25, 0.3) is 5.56 Å². The highest BCUT2D eigenvalue weighted by Crippen LogP contribution is 2.22. The molecule has 18 heavy (non-hydrogen) atoms. The molecule has 2 N–H and O–H groups in total. The van der Waals surface area contributed by atoms with Gasteiger partial charge in [0.15, 0.2) is 0 Å². The van der Waals surface area contributed by atoms with E-state index in [4.69, 9.17) is 4.74 Å². The van der Waals surface area contributed by atoms with Gasteiger partial charge in [-0.15, -0.1) is 0 Å². The van der Waals surface area contributed by atoms with Crippen molar-refractivity contribution in [2.24, 2.45) is 0 Å². The molecule has 3 rings (SSSR count). The molecule has 0 aromatic carbocycles. The predicted molar refractivity (Wildman–Crippen MR) is 67.7 cm³/mol. The van der Waals surface area contributed by atoms with Crippen LogP contribution in [0.2, 0.25) is 0 Å². The van der Waals surface area contributed by atoms with E-state index in [-0.39, 0.29) is 11.7 Å². The Morgan fingerprint density at radius 2 is 2.56 bits per heavy atom. The Bertz CT molecular complexity index is 461. The fraction of sp³-hybridized carbons (Fsp3) is 0.667. The molecule has 2 saturated heterocycles. The molecule has 1 aromatic heterocycles. The van der Waals surface area contributed by atoms with Gasteiger partial charge in [-0.1, -0.05) is 0 Å². The first-order valence-electron chi connectivity index (χ1n) is 6.45. The molecule has 1 aromatic rings. The third kappa shape index (κ3) is 2.54. The van der Waals surface area contributed by atoms with Crippen molar-refractivity contribution in [2.45, 2.75) is 25.0 Å². The topological polar surface area (TPSA) is 70.2 Å². The van der Waals surface area contributed by atoms with Gasteiger partial charge < -0.3 is 15.0 Å². The predicted octanol–water partition coefficient (Wildman–Crippen LogP) is 0.0450. The summed E-state index contributed by atoms with van der Waals surface area (Å²) in [7, 11) is 0. The minimum absolute atomic E-state index is 0.142. The van der Waals surface area contributed by atoms with E-state index in [1.54, 1.807) is 0 Å². The van der Waals surface area contributed by atoms with Gasteiger partial charge in [-0.2, -0.15) is 0 Å². The van der Waals surface area contributed by atoms with Gasteiger partial charge in [-0.25, -0.2) is 4.98 Å². The van der Waals surface area contributed by atoms with Crippen molar-refractivity contribution in [2.75, 3.05) is 31.6 Å². The van der Waals surface area contributed by atoms with Crippen LogP contribution in [0, 0.1) is 0 Å². The van der Waals surface area contributed by atoms with Crippen molar-refractivity contribution in [3.8, 4) is 0 Å². The Balaban J connectivity index is 1.53. The van der Waals surface area contributed by atoms with Gasteiger partial charge in [-0.3, -0.25) is 9.69 Å². The van der Waals surface area contributed by atoms with Crippen LogP contribution in [0.25, 0.3) is 0 Å². The summed E-state index contributed by atoms with van der Waals surface area (Å²) in [4.78, 5) is 20.2. The number of aromatic nitrogens is 2. The molecule has 6 nitrogen and oxygen atoms in total. The van der Waals surface area contributed by atoms with E-state index in [9.17, 15) is 4.79 Å². The van der Waals surface area contributed by atoms with Crippen molar-refractivity contribution >= 4 is 5.82 Å². The number of anilines is 1. The number of fused-ring (bicyclic) bond motifs is 1. The van der Waals surface area contributed by atoms with E-state index in [0.717, 1.165) is 13.2 Å². The van der Waals surface area contributed by atoms with E-state index >= 15 is 0 Å². The largest absolute Gasteiger partial charge is 0.373 e. The molecule has 0 aliphatic carbocycles. The summed E-state index contributed by atoms with van der Waals surface area (Å²) in [5, 5.41) is 3.15. The van der Waals surface area contributed by atoms with Crippen LogP contribution in [0.15, 0.2) is 17.2 Å². The number of ether oxygens (including phenoxy) is 1. The average Bonchev–Trinajstić information content (AvgIpc) is 2.84. The summed E-state index contributed by atoms with van der Waals surface area (Å²) in [5.41, 5.74) is -0.142. The molecule has 2 unspecified atom stereocenters. The van der Waals surface area contributed by atoms with Crippen molar-refractivity contribution in [1.82, 2.24) is 14.9 Å². The number of morpholine rings is 1. The van der Waals surface area contributed by atoms with Crippen LogP contribution < -0.4 is 10.9 Å². The SMILES string of the molecule is O=c1cc(NCC2CN3CCCC3CO2)nc[nH]1. The summed E-state index contributed by atoms with van der Waals surface area (Å²) < 4.78 is 5.83. The van der Waals surface area contributed by atoms with Crippen molar-refractivity contribution < 1.29 is 4.74 Å². The molecule has 2 aliphatic rings. The molecule has 2 fully saturated rings. The van der Waals surface area contributed by atoms with E-state index in [2.05, 4.69) is 20.2 Å². The van der Waals surface area contributed by atoms with Crippen LogP contribution in [-0.2, 0) is 4.74 Å². The normalized spacial score (nSPS) is 28.0. The molecule has 2 aliphatic heterocycles.